The van der Waals surface area contributed by atoms with Crippen LogP contribution in [0.2, 0.25) is 0 Å². The third-order valence-electron chi connectivity index (χ3n) is 7.83. The molecule has 1 aromatic carbocycles. The zero-order chi connectivity index (χ0) is 26.3. The molecule has 8 atom stereocenters. The van der Waals surface area contributed by atoms with E-state index in [1.54, 1.807) is 19.1 Å². The van der Waals surface area contributed by atoms with Gasteiger partial charge in [-0.05, 0) is 42.9 Å². The van der Waals surface area contributed by atoms with E-state index in [2.05, 4.69) is 11.9 Å². The van der Waals surface area contributed by atoms with Crippen molar-refractivity contribution in [2.45, 2.75) is 57.0 Å². The summed E-state index contributed by atoms with van der Waals surface area (Å²) in [6.45, 7) is 8.95. The minimum atomic E-state index is -1.86. The van der Waals surface area contributed by atoms with E-state index in [0.717, 1.165) is 17.9 Å². The summed E-state index contributed by atoms with van der Waals surface area (Å²) in [6, 6.07) is 9.26. The minimum absolute atomic E-state index is 0.249. The number of carbonyl (C=O) groups is 3. The monoisotopic (exact) mass is 495 g/mol. The second-order valence-corrected chi connectivity index (χ2v) is 10.3. The molecule has 36 heavy (non-hydrogen) atoms. The van der Waals surface area contributed by atoms with E-state index in [4.69, 9.17) is 9.47 Å². The van der Waals surface area contributed by atoms with Crippen molar-refractivity contribution >= 4 is 17.8 Å². The van der Waals surface area contributed by atoms with Gasteiger partial charge in [0.25, 0.3) is 5.91 Å². The van der Waals surface area contributed by atoms with Gasteiger partial charge in [-0.25, -0.2) is 4.79 Å². The Labute approximate surface area is 210 Å². The van der Waals surface area contributed by atoms with Gasteiger partial charge in [0.1, 0.15) is 5.60 Å². The maximum absolute atomic E-state index is 13.7. The van der Waals surface area contributed by atoms with Crippen molar-refractivity contribution in [3.8, 4) is 0 Å². The fourth-order valence-electron chi connectivity index (χ4n) is 5.86. The number of aliphatic hydroxyl groups is 2. The van der Waals surface area contributed by atoms with Crippen molar-refractivity contribution in [2.75, 3.05) is 0 Å². The zero-order valence-corrected chi connectivity index (χ0v) is 20.7. The molecule has 1 amide bonds. The Morgan fingerprint density at radius 1 is 1.17 bits per heavy atom. The predicted octanol–water partition coefficient (Wildman–Crippen LogP) is 2.85. The van der Waals surface area contributed by atoms with Crippen LogP contribution in [0.4, 0.5) is 4.79 Å². The van der Waals surface area contributed by atoms with Gasteiger partial charge in [0.05, 0.1) is 18.3 Å². The van der Waals surface area contributed by atoms with Crippen LogP contribution in [0, 0.1) is 23.7 Å². The first-order chi connectivity index (χ1) is 17.0. The maximum atomic E-state index is 13.7. The van der Waals surface area contributed by atoms with E-state index in [1.165, 1.54) is 6.92 Å². The van der Waals surface area contributed by atoms with E-state index in [1.807, 2.05) is 37.3 Å². The zero-order valence-electron chi connectivity index (χ0n) is 20.7. The number of carbonyl (C=O) groups excluding carboxylic acids is 3. The Balaban J connectivity index is 1.80. The third kappa shape index (κ3) is 4.40. The number of rotatable bonds is 2. The first-order valence-electron chi connectivity index (χ1n) is 12.2. The highest BCUT2D eigenvalue weighted by Gasteiger charge is 2.68. The lowest BCUT2D eigenvalue weighted by molar-refractivity contribution is -0.159. The van der Waals surface area contributed by atoms with Crippen LogP contribution >= 0.6 is 0 Å². The van der Waals surface area contributed by atoms with E-state index < -0.39 is 58.9 Å². The molecule has 2 fully saturated rings. The van der Waals surface area contributed by atoms with Crippen molar-refractivity contribution in [1.29, 1.82) is 0 Å². The molecular formula is C28H33NO7. The van der Waals surface area contributed by atoms with Crippen LogP contribution in [-0.4, -0.2) is 51.4 Å². The van der Waals surface area contributed by atoms with Crippen molar-refractivity contribution in [3.05, 3.63) is 72.5 Å². The molecule has 1 saturated heterocycles. The van der Waals surface area contributed by atoms with Gasteiger partial charge in [-0.3, -0.25) is 9.59 Å². The number of allylic oxidation sites excluding steroid dienone is 1. The van der Waals surface area contributed by atoms with Crippen LogP contribution in [0.3, 0.4) is 0 Å². The molecular weight excluding hydrogens is 462 g/mol. The number of benzene rings is 1. The molecule has 1 spiro atoms. The van der Waals surface area contributed by atoms with Crippen molar-refractivity contribution in [1.82, 2.24) is 5.32 Å². The van der Waals surface area contributed by atoms with Gasteiger partial charge < -0.3 is 25.0 Å². The molecule has 2 heterocycles. The van der Waals surface area contributed by atoms with Gasteiger partial charge in [0.15, 0.2) is 5.78 Å². The molecule has 1 aromatic rings. The molecule has 3 N–H and O–H groups in total. The van der Waals surface area contributed by atoms with Gasteiger partial charge in [0, 0.05) is 17.9 Å². The molecule has 3 aliphatic rings. The molecule has 8 nitrogen and oxygen atoms in total. The normalized spacial score (nSPS) is 39.0. The third-order valence-corrected chi connectivity index (χ3v) is 7.83. The van der Waals surface area contributed by atoms with Crippen molar-refractivity contribution in [2.24, 2.45) is 23.7 Å². The van der Waals surface area contributed by atoms with Gasteiger partial charge in [0.2, 0.25) is 5.60 Å². The summed E-state index contributed by atoms with van der Waals surface area (Å²) in [5.74, 6) is -3.41. The predicted molar refractivity (Wildman–Crippen MR) is 131 cm³/mol. The Bertz CT molecular complexity index is 1110. The maximum Gasteiger partial charge on any atom is 0.514 e. The lowest BCUT2D eigenvalue weighted by atomic mass is 9.59. The Hall–Kier alpha value is -3.23. The molecule has 192 valence electrons. The summed E-state index contributed by atoms with van der Waals surface area (Å²) in [5.41, 5.74) is -2.08. The number of ketones is 1. The average molecular weight is 496 g/mol. The number of cyclic esters (lactones) is 1. The number of ether oxygens (including phenoxy) is 2. The summed E-state index contributed by atoms with van der Waals surface area (Å²) in [4.78, 5) is 39.3. The molecule has 8 heteroatoms. The highest BCUT2D eigenvalue weighted by molar-refractivity contribution is 5.92. The topological polar surface area (TPSA) is 122 Å². The summed E-state index contributed by atoms with van der Waals surface area (Å²) in [5, 5.41) is 24.8. The Morgan fingerprint density at radius 2 is 1.86 bits per heavy atom. The molecule has 4 rings (SSSR count). The van der Waals surface area contributed by atoms with E-state index in [9.17, 15) is 24.6 Å². The van der Waals surface area contributed by atoms with Crippen LogP contribution in [0.1, 0.15) is 32.8 Å². The Kier molecular flexibility index (Phi) is 6.94. The molecule has 0 bridgehead atoms. The number of nitrogens with one attached hydrogen (secondary N) is 1. The molecule has 2 aliphatic heterocycles. The number of aliphatic hydroxyl groups excluding tert-OH is 1. The molecule has 1 saturated carbocycles. The fourth-order valence-corrected chi connectivity index (χ4v) is 5.86. The van der Waals surface area contributed by atoms with E-state index in [0.29, 0.717) is 12.0 Å². The molecule has 0 radical (unpaired) electrons. The summed E-state index contributed by atoms with van der Waals surface area (Å²) < 4.78 is 10.9. The number of Topliss-reactive ketones (excluding diaryl/α,β-unsaturated/α-hetero) is 1. The van der Waals surface area contributed by atoms with E-state index in [-0.39, 0.29) is 12.3 Å². The average Bonchev–Trinajstić information content (AvgIpc) is 3.10. The summed E-state index contributed by atoms with van der Waals surface area (Å²) >= 11 is 0. The smallest absolute Gasteiger partial charge is 0.416 e. The second kappa shape index (κ2) is 9.67. The number of amides is 1. The van der Waals surface area contributed by atoms with Crippen molar-refractivity contribution in [3.63, 3.8) is 0 Å². The SMILES string of the molecule is C=C1[C@@H](C)[C@H]2[C@H](Cc3ccccc3)NC(=O)[C@]23OC(=O)OC=C[C@@](C)(O)C(=O)[C@@H](C)CC=C[C@H]3[C@@H]1O. The van der Waals surface area contributed by atoms with Crippen molar-refractivity contribution < 1.29 is 34.1 Å². The fraction of sp³-hybridized carbons (Fsp3) is 0.464. The van der Waals surface area contributed by atoms with Crippen LogP contribution in [0.25, 0.3) is 0 Å². The lowest BCUT2D eigenvalue weighted by Crippen LogP contribution is -2.61. The van der Waals surface area contributed by atoms with Gasteiger partial charge >= 0.3 is 6.16 Å². The van der Waals surface area contributed by atoms with Crippen LogP contribution in [-0.2, 0) is 25.5 Å². The first kappa shape index (κ1) is 25.9. The standard InChI is InChI=1S/C28H33NO7/c1-16-9-8-12-20-23(30)18(3)17(2)22-21(15-19-10-6-5-7-11-19)29-25(32)28(20,22)36-26(33)35-14-13-27(4,34)24(16)31/h5-8,10-14,16-17,20-23,30,34H,3,9,15H2,1-2,4H3,(H,29,32)/t16-,17+,20-,21-,22-,23+,27+,28+/m0/s1. The van der Waals surface area contributed by atoms with Crippen LogP contribution in [0.5, 0.6) is 0 Å². The highest BCUT2D eigenvalue weighted by atomic mass is 16.7. The van der Waals surface area contributed by atoms with Gasteiger partial charge in [-0.1, -0.05) is 62.9 Å². The number of hydrogen-bond acceptors (Lipinski definition) is 7. The molecule has 0 aromatic heterocycles. The van der Waals surface area contributed by atoms with E-state index >= 15 is 0 Å². The summed E-state index contributed by atoms with van der Waals surface area (Å²) in [6.07, 6.45) is 3.68. The van der Waals surface area contributed by atoms with Crippen LogP contribution in [0.15, 0.2) is 67.0 Å². The molecule has 0 unspecified atom stereocenters. The quantitative estimate of drug-likeness (QED) is 0.426. The second-order valence-electron chi connectivity index (χ2n) is 10.3. The summed E-state index contributed by atoms with van der Waals surface area (Å²) in [7, 11) is 0. The van der Waals surface area contributed by atoms with Gasteiger partial charge in [-0.15, -0.1) is 0 Å². The highest BCUT2D eigenvalue weighted by Crippen LogP contribution is 2.52. The largest absolute Gasteiger partial charge is 0.514 e. The van der Waals surface area contributed by atoms with Gasteiger partial charge in [-0.2, -0.15) is 0 Å². The van der Waals surface area contributed by atoms with Crippen LogP contribution < -0.4 is 5.32 Å². The lowest BCUT2D eigenvalue weighted by Gasteiger charge is -2.48. The number of hydrogen-bond donors (Lipinski definition) is 3. The molecule has 1 aliphatic carbocycles. The minimum Gasteiger partial charge on any atom is -0.416 e. The Morgan fingerprint density at radius 3 is 2.56 bits per heavy atom. The first-order valence-corrected chi connectivity index (χ1v) is 12.2.